The van der Waals surface area contributed by atoms with Crippen molar-refractivity contribution in [3.8, 4) is 17.3 Å². The fraction of sp³-hybridized carbons (Fsp3) is 0.0714. The van der Waals surface area contributed by atoms with Gasteiger partial charge in [-0.2, -0.15) is 5.26 Å². The smallest absolute Gasteiger partial charge is 0.345 e. The van der Waals surface area contributed by atoms with E-state index in [2.05, 4.69) is 36.8 Å². The number of benzene rings is 1. The summed E-state index contributed by atoms with van der Waals surface area (Å²) >= 11 is 8.14. The van der Waals surface area contributed by atoms with Crippen molar-refractivity contribution in [3.63, 3.8) is 0 Å². The molecule has 0 radical (unpaired) electrons. The fourth-order valence-electron chi connectivity index (χ4n) is 1.92. The Hall–Kier alpha value is -1.49. The number of nitrogens with zero attached hydrogens (tertiary/aromatic N) is 2. The normalized spacial score (nSPS) is 10.7. The van der Waals surface area contributed by atoms with E-state index in [0.29, 0.717) is 26.3 Å². The molecular formula is C14H6Br2N2O2S. The van der Waals surface area contributed by atoms with Gasteiger partial charge in [-0.25, -0.2) is 9.78 Å². The van der Waals surface area contributed by atoms with Crippen LogP contribution in [0.1, 0.15) is 5.01 Å². The topological polar surface area (TPSA) is 66.9 Å². The second-order valence-corrected chi connectivity index (χ2v) is 6.93. The number of hydrogen-bond donors (Lipinski definition) is 0. The van der Waals surface area contributed by atoms with Crippen LogP contribution in [-0.4, -0.2) is 4.98 Å². The van der Waals surface area contributed by atoms with Crippen LogP contribution in [0.25, 0.3) is 22.2 Å². The third-order valence-electron chi connectivity index (χ3n) is 2.81. The van der Waals surface area contributed by atoms with E-state index in [4.69, 9.17) is 9.68 Å². The van der Waals surface area contributed by atoms with Gasteiger partial charge in [0, 0.05) is 15.2 Å². The highest BCUT2D eigenvalue weighted by atomic mass is 79.9. The monoisotopic (exact) mass is 424 g/mol. The zero-order valence-corrected chi connectivity index (χ0v) is 14.4. The van der Waals surface area contributed by atoms with Crippen molar-refractivity contribution in [2.45, 2.75) is 6.42 Å². The fourth-order valence-corrected chi connectivity index (χ4v) is 3.98. The molecular weight excluding hydrogens is 420 g/mol. The molecule has 0 aliphatic rings. The van der Waals surface area contributed by atoms with Crippen LogP contribution in [0.15, 0.2) is 41.7 Å². The van der Waals surface area contributed by atoms with Gasteiger partial charge in [-0.15, -0.1) is 11.3 Å². The quantitative estimate of drug-likeness (QED) is 0.566. The minimum absolute atomic E-state index is 0.237. The minimum atomic E-state index is -0.445. The maximum Gasteiger partial charge on any atom is 0.345 e. The van der Waals surface area contributed by atoms with Crippen molar-refractivity contribution in [2.24, 2.45) is 0 Å². The molecule has 0 atom stereocenters. The summed E-state index contributed by atoms with van der Waals surface area (Å²) in [7, 11) is 0. The van der Waals surface area contributed by atoms with E-state index in [1.165, 1.54) is 11.3 Å². The Labute approximate surface area is 140 Å². The molecule has 0 unspecified atom stereocenters. The summed E-state index contributed by atoms with van der Waals surface area (Å²) < 4.78 is 6.97. The second-order valence-electron chi connectivity index (χ2n) is 4.21. The van der Waals surface area contributed by atoms with Crippen LogP contribution in [0.2, 0.25) is 0 Å². The summed E-state index contributed by atoms with van der Waals surface area (Å²) in [4.78, 5) is 16.4. The zero-order valence-electron chi connectivity index (χ0n) is 10.4. The first kappa shape index (κ1) is 14.4. The lowest BCUT2D eigenvalue weighted by molar-refractivity contribution is 0.561. The molecule has 0 saturated carbocycles. The molecule has 3 aromatic rings. The molecule has 0 aliphatic carbocycles. The number of nitriles is 1. The first-order valence-electron chi connectivity index (χ1n) is 5.83. The van der Waals surface area contributed by atoms with Crippen molar-refractivity contribution in [3.05, 3.63) is 48.0 Å². The van der Waals surface area contributed by atoms with Gasteiger partial charge in [0.15, 0.2) is 5.58 Å². The third-order valence-corrected chi connectivity index (χ3v) is 4.71. The highest BCUT2D eigenvalue weighted by molar-refractivity contribution is 9.11. The predicted molar refractivity (Wildman–Crippen MR) is 88.3 cm³/mol. The molecule has 0 amide bonds. The largest absolute Gasteiger partial charge is 0.421 e. The van der Waals surface area contributed by atoms with Gasteiger partial charge in [0.25, 0.3) is 0 Å². The van der Waals surface area contributed by atoms with Crippen LogP contribution in [0.4, 0.5) is 0 Å². The van der Waals surface area contributed by atoms with Crippen molar-refractivity contribution >= 4 is 54.2 Å². The lowest BCUT2D eigenvalue weighted by Crippen LogP contribution is -2.03. The molecule has 1 aromatic carbocycles. The van der Waals surface area contributed by atoms with Crippen LogP contribution < -0.4 is 5.63 Å². The van der Waals surface area contributed by atoms with Gasteiger partial charge in [-0.1, -0.05) is 15.9 Å². The van der Waals surface area contributed by atoms with Crippen LogP contribution >= 0.6 is 43.2 Å². The lowest BCUT2D eigenvalue weighted by Gasteiger charge is -2.02. The van der Waals surface area contributed by atoms with Crippen molar-refractivity contribution in [2.75, 3.05) is 0 Å². The Morgan fingerprint density at radius 1 is 1.33 bits per heavy atom. The van der Waals surface area contributed by atoms with E-state index >= 15 is 0 Å². The maximum absolute atomic E-state index is 12.1. The maximum atomic E-state index is 12.1. The SMILES string of the molecule is N#CCc1nc(-c2cc3cc(Br)cc(Br)c3oc2=O)cs1. The number of halogens is 2. The van der Waals surface area contributed by atoms with Gasteiger partial charge in [0.1, 0.15) is 5.01 Å². The van der Waals surface area contributed by atoms with Crippen LogP contribution in [0, 0.1) is 11.3 Å². The summed E-state index contributed by atoms with van der Waals surface area (Å²) in [6.07, 6.45) is 0.237. The summed E-state index contributed by atoms with van der Waals surface area (Å²) in [6, 6.07) is 7.48. The Kier molecular flexibility index (Phi) is 3.93. The molecule has 0 spiro atoms. The summed E-state index contributed by atoms with van der Waals surface area (Å²) in [5.74, 6) is 0. The molecule has 0 saturated heterocycles. The van der Waals surface area contributed by atoms with E-state index in [0.717, 1.165) is 9.86 Å². The molecule has 2 aromatic heterocycles. The van der Waals surface area contributed by atoms with Gasteiger partial charge in [0.2, 0.25) is 0 Å². The number of aromatic nitrogens is 1. The molecule has 0 bridgehead atoms. The van der Waals surface area contributed by atoms with Gasteiger partial charge in [-0.05, 0) is 34.1 Å². The second kappa shape index (κ2) is 5.72. The molecule has 104 valence electrons. The van der Waals surface area contributed by atoms with E-state index in [9.17, 15) is 4.79 Å². The average molecular weight is 426 g/mol. The van der Waals surface area contributed by atoms with Crippen LogP contribution in [-0.2, 0) is 6.42 Å². The van der Waals surface area contributed by atoms with E-state index in [-0.39, 0.29) is 6.42 Å². The van der Waals surface area contributed by atoms with Crippen LogP contribution in [0.5, 0.6) is 0 Å². The Morgan fingerprint density at radius 2 is 2.14 bits per heavy atom. The molecule has 3 rings (SSSR count). The molecule has 0 N–H and O–H groups in total. The molecule has 2 heterocycles. The van der Waals surface area contributed by atoms with Crippen molar-refractivity contribution < 1.29 is 4.42 Å². The van der Waals surface area contributed by atoms with Gasteiger partial charge < -0.3 is 4.42 Å². The van der Waals surface area contributed by atoms with Crippen LogP contribution in [0.3, 0.4) is 0 Å². The van der Waals surface area contributed by atoms with E-state index < -0.39 is 5.63 Å². The lowest BCUT2D eigenvalue weighted by atomic mass is 10.1. The number of hydrogen-bond acceptors (Lipinski definition) is 5. The first-order chi connectivity index (χ1) is 10.1. The minimum Gasteiger partial charge on any atom is -0.421 e. The molecule has 7 heteroatoms. The van der Waals surface area contributed by atoms with Gasteiger partial charge >= 0.3 is 5.63 Å². The predicted octanol–water partition coefficient (Wildman–Crippen LogP) is 4.51. The Bertz CT molecular complexity index is 940. The molecule has 21 heavy (non-hydrogen) atoms. The molecule has 0 aliphatic heterocycles. The number of rotatable bonds is 2. The van der Waals surface area contributed by atoms with E-state index in [1.54, 1.807) is 11.4 Å². The highest BCUT2D eigenvalue weighted by Gasteiger charge is 2.13. The standard InChI is InChI=1S/C14H6Br2N2O2S/c15-8-3-7-4-9(11-6-21-12(18-11)1-2-17)14(19)20-13(7)10(16)5-8/h3-6H,1H2. The van der Waals surface area contributed by atoms with E-state index in [1.807, 2.05) is 18.2 Å². The summed E-state index contributed by atoms with van der Waals surface area (Å²) in [5.41, 5.74) is 0.990. The first-order valence-corrected chi connectivity index (χ1v) is 8.29. The molecule has 4 nitrogen and oxygen atoms in total. The van der Waals surface area contributed by atoms with Crippen molar-refractivity contribution in [1.82, 2.24) is 4.98 Å². The average Bonchev–Trinajstić information content (AvgIpc) is 2.88. The zero-order chi connectivity index (χ0) is 15.0. The summed E-state index contributed by atoms with van der Waals surface area (Å²) in [6.45, 7) is 0. The van der Waals surface area contributed by atoms with Gasteiger partial charge in [0.05, 0.1) is 28.2 Å². The molecule has 0 fully saturated rings. The van der Waals surface area contributed by atoms with Crippen molar-refractivity contribution in [1.29, 1.82) is 5.26 Å². The number of fused-ring (bicyclic) bond motifs is 1. The Morgan fingerprint density at radius 3 is 2.90 bits per heavy atom. The number of thiazole rings is 1. The highest BCUT2D eigenvalue weighted by Crippen LogP contribution is 2.30. The Balaban J connectivity index is 2.21. The third kappa shape index (κ3) is 2.79. The summed E-state index contributed by atoms with van der Waals surface area (Å²) in [5, 5.41) is 11.9. The van der Waals surface area contributed by atoms with Gasteiger partial charge in [-0.3, -0.25) is 0 Å².